The van der Waals surface area contributed by atoms with Gasteiger partial charge >= 0.3 is 0 Å². The lowest BCUT2D eigenvalue weighted by Gasteiger charge is -2.11. The van der Waals surface area contributed by atoms with E-state index in [4.69, 9.17) is 0 Å². The van der Waals surface area contributed by atoms with Gasteiger partial charge in [0.05, 0.1) is 4.47 Å². The van der Waals surface area contributed by atoms with Crippen molar-refractivity contribution in [1.82, 2.24) is 5.32 Å². The van der Waals surface area contributed by atoms with Crippen molar-refractivity contribution in [2.24, 2.45) is 0 Å². The van der Waals surface area contributed by atoms with Crippen molar-refractivity contribution in [3.8, 4) is 10.4 Å². The van der Waals surface area contributed by atoms with Crippen LogP contribution in [0, 0.1) is 12.7 Å². The molecule has 0 spiro atoms. The summed E-state index contributed by atoms with van der Waals surface area (Å²) in [6.45, 7) is 4.17. The van der Waals surface area contributed by atoms with E-state index in [-0.39, 0.29) is 5.82 Å². The highest BCUT2D eigenvalue weighted by atomic mass is 79.9. The number of rotatable bonds is 4. The maximum atomic E-state index is 13.7. The van der Waals surface area contributed by atoms with Gasteiger partial charge in [0.1, 0.15) is 5.82 Å². The van der Waals surface area contributed by atoms with Gasteiger partial charge in [-0.3, -0.25) is 0 Å². The number of benzene rings is 1. The summed E-state index contributed by atoms with van der Waals surface area (Å²) < 4.78 is 14.2. The van der Waals surface area contributed by atoms with Crippen LogP contribution in [-0.2, 0) is 0 Å². The van der Waals surface area contributed by atoms with Crippen molar-refractivity contribution in [3.63, 3.8) is 0 Å². The molecule has 0 aliphatic heterocycles. The molecular weight excluding hydrogens is 325 g/mol. The molecule has 0 saturated carbocycles. The van der Waals surface area contributed by atoms with Crippen LogP contribution in [0.15, 0.2) is 28.7 Å². The van der Waals surface area contributed by atoms with Gasteiger partial charge in [-0.25, -0.2) is 4.39 Å². The van der Waals surface area contributed by atoms with Gasteiger partial charge < -0.3 is 5.32 Å². The second-order valence-electron chi connectivity index (χ2n) is 4.53. The fourth-order valence-corrected chi connectivity index (χ4v) is 3.88. The Labute approximate surface area is 126 Å². The van der Waals surface area contributed by atoms with Gasteiger partial charge in [0.15, 0.2) is 0 Å². The number of halogens is 2. The van der Waals surface area contributed by atoms with E-state index in [0.717, 1.165) is 22.4 Å². The lowest BCUT2D eigenvalue weighted by Crippen LogP contribution is -2.13. The highest BCUT2D eigenvalue weighted by Gasteiger charge is 2.13. The summed E-state index contributed by atoms with van der Waals surface area (Å²) in [4.78, 5) is 2.41. The van der Waals surface area contributed by atoms with Gasteiger partial charge in [-0.15, -0.1) is 11.3 Å². The SMILES string of the molecule is CCC(NC)c1ccc(-c2cc(F)c(Br)cc2C)s1. The van der Waals surface area contributed by atoms with E-state index < -0.39 is 0 Å². The van der Waals surface area contributed by atoms with E-state index in [2.05, 4.69) is 40.3 Å². The van der Waals surface area contributed by atoms with Crippen LogP contribution < -0.4 is 5.32 Å². The van der Waals surface area contributed by atoms with Crippen molar-refractivity contribution in [3.05, 3.63) is 45.0 Å². The Bertz CT molecular complexity index is 576. The van der Waals surface area contributed by atoms with E-state index in [0.29, 0.717) is 10.5 Å². The molecule has 1 heterocycles. The van der Waals surface area contributed by atoms with E-state index in [1.54, 1.807) is 17.4 Å². The lowest BCUT2D eigenvalue weighted by molar-refractivity contribution is 0.586. The summed E-state index contributed by atoms with van der Waals surface area (Å²) in [5.41, 5.74) is 2.06. The van der Waals surface area contributed by atoms with Crippen molar-refractivity contribution in [2.45, 2.75) is 26.3 Å². The van der Waals surface area contributed by atoms with Crippen molar-refractivity contribution < 1.29 is 4.39 Å². The molecule has 0 radical (unpaired) electrons. The highest BCUT2D eigenvalue weighted by molar-refractivity contribution is 9.10. The topological polar surface area (TPSA) is 12.0 Å². The molecular formula is C15H17BrFNS. The first-order valence-electron chi connectivity index (χ1n) is 6.29. The minimum absolute atomic E-state index is 0.212. The Balaban J connectivity index is 2.40. The van der Waals surface area contributed by atoms with Crippen LogP contribution in [0.25, 0.3) is 10.4 Å². The molecule has 19 heavy (non-hydrogen) atoms. The Morgan fingerprint density at radius 2 is 2.11 bits per heavy atom. The predicted octanol–water partition coefficient (Wildman–Crippen LogP) is 5.30. The Kier molecular flexibility index (Phi) is 4.76. The smallest absolute Gasteiger partial charge is 0.138 e. The molecule has 1 unspecified atom stereocenters. The molecule has 1 atom stereocenters. The second kappa shape index (κ2) is 6.16. The van der Waals surface area contributed by atoms with Gasteiger partial charge in [0.25, 0.3) is 0 Å². The first kappa shape index (κ1) is 14.7. The first-order valence-corrected chi connectivity index (χ1v) is 7.90. The van der Waals surface area contributed by atoms with Gasteiger partial charge in [-0.2, -0.15) is 0 Å². The van der Waals surface area contributed by atoms with Crippen LogP contribution in [0.5, 0.6) is 0 Å². The van der Waals surface area contributed by atoms with Gasteiger partial charge in [-0.05, 0) is 71.7 Å². The predicted molar refractivity (Wildman–Crippen MR) is 84.2 cm³/mol. The standard InChI is InChI=1S/C15H17BrFNS/c1-4-13(18-3)15-6-5-14(19-15)10-8-12(17)11(16)7-9(10)2/h5-8,13,18H,4H2,1-3H3. The van der Waals surface area contributed by atoms with E-state index in [1.807, 2.05) is 20.0 Å². The molecule has 1 N–H and O–H groups in total. The molecule has 2 rings (SSSR count). The molecule has 0 bridgehead atoms. The van der Waals surface area contributed by atoms with E-state index in [9.17, 15) is 4.39 Å². The highest BCUT2D eigenvalue weighted by Crippen LogP contribution is 2.35. The first-order chi connectivity index (χ1) is 9.06. The molecule has 1 aromatic heterocycles. The normalized spacial score (nSPS) is 12.7. The number of hydrogen-bond acceptors (Lipinski definition) is 2. The molecule has 102 valence electrons. The molecule has 0 fully saturated rings. The third-order valence-corrected chi connectivity index (χ3v) is 5.10. The summed E-state index contributed by atoms with van der Waals surface area (Å²) in [6.07, 6.45) is 1.05. The summed E-state index contributed by atoms with van der Waals surface area (Å²) >= 11 is 4.95. The molecule has 1 aromatic carbocycles. The van der Waals surface area contributed by atoms with Crippen molar-refractivity contribution in [1.29, 1.82) is 0 Å². The zero-order chi connectivity index (χ0) is 14.0. The van der Waals surface area contributed by atoms with Gasteiger partial charge in [0, 0.05) is 15.8 Å². The zero-order valence-electron chi connectivity index (χ0n) is 11.3. The molecule has 0 aliphatic carbocycles. The summed E-state index contributed by atoms with van der Waals surface area (Å²) in [7, 11) is 1.97. The number of nitrogens with one attached hydrogen (secondary N) is 1. The van der Waals surface area contributed by atoms with Crippen LogP contribution in [-0.4, -0.2) is 7.05 Å². The molecule has 2 aromatic rings. The van der Waals surface area contributed by atoms with E-state index in [1.165, 1.54) is 4.88 Å². The molecule has 4 heteroatoms. The Morgan fingerprint density at radius 1 is 1.37 bits per heavy atom. The summed E-state index contributed by atoms with van der Waals surface area (Å²) in [5.74, 6) is -0.212. The maximum Gasteiger partial charge on any atom is 0.138 e. The monoisotopic (exact) mass is 341 g/mol. The van der Waals surface area contributed by atoms with Crippen LogP contribution in [0.3, 0.4) is 0 Å². The van der Waals surface area contributed by atoms with Crippen molar-refractivity contribution >= 4 is 27.3 Å². The molecule has 1 nitrogen and oxygen atoms in total. The number of aryl methyl sites for hydroxylation is 1. The summed E-state index contributed by atoms with van der Waals surface area (Å²) in [5, 5.41) is 3.30. The quantitative estimate of drug-likeness (QED) is 0.795. The van der Waals surface area contributed by atoms with Crippen LogP contribution >= 0.6 is 27.3 Å². The minimum Gasteiger partial charge on any atom is -0.312 e. The van der Waals surface area contributed by atoms with Gasteiger partial charge in [-0.1, -0.05) is 6.92 Å². The Morgan fingerprint density at radius 3 is 2.74 bits per heavy atom. The average molecular weight is 342 g/mol. The third kappa shape index (κ3) is 3.07. The number of thiophene rings is 1. The van der Waals surface area contributed by atoms with Crippen LogP contribution in [0.2, 0.25) is 0 Å². The van der Waals surface area contributed by atoms with E-state index >= 15 is 0 Å². The van der Waals surface area contributed by atoms with Crippen molar-refractivity contribution in [2.75, 3.05) is 7.05 Å². The minimum atomic E-state index is -0.212. The zero-order valence-corrected chi connectivity index (χ0v) is 13.7. The second-order valence-corrected chi connectivity index (χ2v) is 6.50. The molecule has 0 amide bonds. The Hall–Kier alpha value is -0.710. The average Bonchev–Trinajstić information content (AvgIpc) is 2.85. The molecule has 0 aliphatic rings. The maximum absolute atomic E-state index is 13.7. The molecule has 0 saturated heterocycles. The van der Waals surface area contributed by atoms with Crippen LogP contribution in [0.1, 0.15) is 29.8 Å². The third-order valence-electron chi connectivity index (χ3n) is 3.26. The lowest BCUT2D eigenvalue weighted by atomic mass is 10.1. The fourth-order valence-electron chi connectivity index (χ4n) is 2.14. The fraction of sp³-hybridized carbons (Fsp3) is 0.333. The number of hydrogen-bond donors (Lipinski definition) is 1. The largest absolute Gasteiger partial charge is 0.312 e. The van der Waals surface area contributed by atoms with Gasteiger partial charge in [0.2, 0.25) is 0 Å². The van der Waals surface area contributed by atoms with Crippen LogP contribution in [0.4, 0.5) is 4.39 Å². The summed E-state index contributed by atoms with van der Waals surface area (Å²) in [6, 6.07) is 8.02.